The van der Waals surface area contributed by atoms with Crippen molar-refractivity contribution in [3.8, 4) is 0 Å². The normalized spacial score (nSPS) is 32.7. The van der Waals surface area contributed by atoms with Crippen molar-refractivity contribution in [2.45, 2.75) is 76.2 Å². The Labute approximate surface area is 148 Å². The third-order valence-corrected chi connectivity index (χ3v) is 5.81. The highest BCUT2D eigenvalue weighted by atomic mass is 16.6. The molecule has 4 atom stereocenters. The van der Waals surface area contributed by atoms with Crippen LogP contribution in [0, 0.1) is 5.92 Å². The number of carbonyl (C=O) groups excluding carboxylic acids is 1. The molecule has 1 aromatic heterocycles. The Bertz CT molecular complexity index is 599. The Morgan fingerprint density at radius 2 is 2.04 bits per heavy atom. The van der Waals surface area contributed by atoms with Crippen molar-refractivity contribution < 1.29 is 14.3 Å². The predicted octanol–water partition coefficient (Wildman–Crippen LogP) is 1.63. The third-order valence-electron chi connectivity index (χ3n) is 5.81. The Morgan fingerprint density at radius 3 is 2.84 bits per heavy atom. The minimum absolute atomic E-state index is 0.0387. The van der Waals surface area contributed by atoms with Crippen LogP contribution in [0.25, 0.3) is 0 Å². The molecular formula is C18H28N4O3. The Morgan fingerprint density at radius 1 is 1.24 bits per heavy atom. The van der Waals surface area contributed by atoms with Crippen molar-refractivity contribution in [3.05, 3.63) is 11.9 Å². The first-order chi connectivity index (χ1) is 12.2. The van der Waals surface area contributed by atoms with Crippen molar-refractivity contribution in [3.63, 3.8) is 0 Å². The van der Waals surface area contributed by atoms with Gasteiger partial charge in [0.1, 0.15) is 18.2 Å². The number of aromatic nitrogens is 3. The van der Waals surface area contributed by atoms with Gasteiger partial charge < -0.3 is 14.8 Å². The van der Waals surface area contributed by atoms with Gasteiger partial charge in [-0.05, 0) is 12.3 Å². The van der Waals surface area contributed by atoms with Gasteiger partial charge in [-0.2, -0.15) is 0 Å². The molecule has 7 heteroatoms. The molecule has 7 nitrogen and oxygen atoms in total. The Kier molecular flexibility index (Phi) is 5.03. The second-order valence-corrected chi connectivity index (χ2v) is 7.59. The molecule has 3 aliphatic rings. The summed E-state index contributed by atoms with van der Waals surface area (Å²) in [6.45, 7) is 2.91. The van der Waals surface area contributed by atoms with Gasteiger partial charge in [0.15, 0.2) is 0 Å². The molecule has 4 rings (SSSR count). The summed E-state index contributed by atoms with van der Waals surface area (Å²) in [7, 11) is 0. The molecule has 25 heavy (non-hydrogen) atoms. The number of fused-ring (bicyclic) bond motifs is 1. The van der Waals surface area contributed by atoms with Crippen LogP contribution in [-0.2, 0) is 20.7 Å². The molecule has 1 N–H and O–H groups in total. The number of ether oxygens (including phenoxy) is 2. The van der Waals surface area contributed by atoms with E-state index in [1.807, 2.05) is 11.6 Å². The zero-order valence-corrected chi connectivity index (χ0v) is 14.9. The van der Waals surface area contributed by atoms with E-state index >= 15 is 0 Å². The number of hydrogen-bond acceptors (Lipinski definition) is 5. The smallest absolute Gasteiger partial charge is 0.220 e. The maximum absolute atomic E-state index is 11.7. The second kappa shape index (κ2) is 7.41. The molecule has 4 unspecified atom stereocenters. The lowest BCUT2D eigenvalue weighted by Crippen LogP contribution is -2.43. The van der Waals surface area contributed by atoms with Crippen LogP contribution in [0.3, 0.4) is 0 Å². The predicted molar refractivity (Wildman–Crippen MR) is 91.0 cm³/mol. The summed E-state index contributed by atoms with van der Waals surface area (Å²) in [5.74, 6) is 0.791. The van der Waals surface area contributed by atoms with E-state index in [4.69, 9.17) is 9.47 Å². The van der Waals surface area contributed by atoms with E-state index in [0.717, 1.165) is 18.0 Å². The summed E-state index contributed by atoms with van der Waals surface area (Å²) in [4.78, 5) is 11.7. The van der Waals surface area contributed by atoms with Crippen molar-refractivity contribution in [2.75, 3.05) is 13.2 Å². The van der Waals surface area contributed by atoms with Crippen LogP contribution in [0.15, 0.2) is 6.20 Å². The Hall–Kier alpha value is -1.47. The number of rotatable bonds is 5. The lowest BCUT2D eigenvalue weighted by atomic mass is 9.86. The maximum Gasteiger partial charge on any atom is 0.220 e. The number of nitrogens with zero attached hydrogens (tertiary/aromatic N) is 3. The van der Waals surface area contributed by atoms with Crippen LogP contribution in [0.4, 0.5) is 0 Å². The highest BCUT2D eigenvalue weighted by Gasteiger charge is 2.49. The van der Waals surface area contributed by atoms with Gasteiger partial charge in [0, 0.05) is 12.6 Å². The molecule has 138 valence electrons. The lowest BCUT2D eigenvalue weighted by molar-refractivity contribution is -0.122. The first-order valence-electron chi connectivity index (χ1n) is 9.68. The summed E-state index contributed by atoms with van der Waals surface area (Å²) in [6.07, 6.45) is 10.1. The Balaban J connectivity index is 1.37. The highest BCUT2D eigenvalue weighted by molar-refractivity contribution is 5.76. The van der Waals surface area contributed by atoms with E-state index in [-0.39, 0.29) is 30.2 Å². The maximum atomic E-state index is 11.7. The van der Waals surface area contributed by atoms with Gasteiger partial charge >= 0.3 is 0 Å². The summed E-state index contributed by atoms with van der Waals surface area (Å²) >= 11 is 0. The third kappa shape index (κ3) is 3.58. The summed E-state index contributed by atoms with van der Waals surface area (Å²) in [5, 5.41) is 11.7. The summed E-state index contributed by atoms with van der Waals surface area (Å²) < 4.78 is 13.8. The fourth-order valence-corrected chi connectivity index (χ4v) is 4.39. The summed E-state index contributed by atoms with van der Waals surface area (Å²) in [5.41, 5.74) is 1.07. The van der Waals surface area contributed by atoms with Crippen molar-refractivity contribution >= 4 is 5.91 Å². The standard InChI is InChI=1S/C18H28N4O3/c1-2-16(23)19-14-10-24-18-15(11-25-17(14)18)22-9-13(20-21-22)8-12-6-4-3-5-7-12/h9,12,14-15,17-18H,2-8,10-11H2,1H3,(H,19,23). The monoisotopic (exact) mass is 348 g/mol. The van der Waals surface area contributed by atoms with Crippen molar-refractivity contribution in [1.82, 2.24) is 20.3 Å². The average Bonchev–Trinajstić information content (AvgIpc) is 3.33. The van der Waals surface area contributed by atoms with Gasteiger partial charge in [-0.15, -0.1) is 5.10 Å². The van der Waals surface area contributed by atoms with Crippen LogP contribution in [0.1, 0.15) is 57.2 Å². The number of carbonyl (C=O) groups is 1. The number of nitrogens with one attached hydrogen (secondary N) is 1. The molecule has 1 aromatic rings. The summed E-state index contributed by atoms with van der Waals surface area (Å²) in [6, 6.07) is -0.0196. The fourth-order valence-electron chi connectivity index (χ4n) is 4.39. The van der Waals surface area contributed by atoms with Gasteiger partial charge in [-0.3, -0.25) is 4.79 Å². The molecule has 0 radical (unpaired) electrons. The molecule has 1 aliphatic carbocycles. The van der Waals surface area contributed by atoms with Crippen LogP contribution in [0.2, 0.25) is 0 Å². The molecular weight excluding hydrogens is 320 g/mol. The minimum atomic E-state index is -0.0912. The number of amides is 1. The molecule has 0 bridgehead atoms. The second-order valence-electron chi connectivity index (χ2n) is 7.59. The average molecular weight is 348 g/mol. The van der Waals surface area contributed by atoms with E-state index in [9.17, 15) is 4.79 Å². The highest BCUT2D eigenvalue weighted by Crippen LogP contribution is 2.34. The molecule has 3 heterocycles. The largest absolute Gasteiger partial charge is 0.371 e. The lowest BCUT2D eigenvalue weighted by Gasteiger charge is -2.20. The van der Waals surface area contributed by atoms with Crippen LogP contribution in [-0.4, -0.2) is 52.4 Å². The van der Waals surface area contributed by atoms with Gasteiger partial charge in [0.25, 0.3) is 0 Å². The van der Waals surface area contributed by atoms with Crippen LogP contribution < -0.4 is 5.32 Å². The molecule has 0 spiro atoms. The number of hydrogen-bond donors (Lipinski definition) is 1. The van der Waals surface area contributed by atoms with E-state index < -0.39 is 0 Å². The topological polar surface area (TPSA) is 78.3 Å². The van der Waals surface area contributed by atoms with E-state index in [1.165, 1.54) is 32.1 Å². The van der Waals surface area contributed by atoms with Crippen molar-refractivity contribution in [1.29, 1.82) is 0 Å². The van der Waals surface area contributed by atoms with Gasteiger partial charge in [0.2, 0.25) is 5.91 Å². The fraction of sp³-hybridized carbons (Fsp3) is 0.833. The first kappa shape index (κ1) is 17.0. The first-order valence-corrected chi connectivity index (χ1v) is 9.68. The van der Waals surface area contributed by atoms with Gasteiger partial charge in [0.05, 0.1) is 24.9 Å². The van der Waals surface area contributed by atoms with E-state index in [0.29, 0.717) is 19.6 Å². The van der Waals surface area contributed by atoms with Crippen LogP contribution >= 0.6 is 0 Å². The van der Waals surface area contributed by atoms with Crippen LogP contribution in [0.5, 0.6) is 0 Å². The zero-order chi connectivity index (χ0) is 17.2. The molecule has 2 aliphatic heterocycles. The molecule has 1 saturated carbocycles. The zero-order valence-electron chi connectivity index (χ0n) is 14.9. The molecule has 3 fully saturated rings. The SMILES string of the molecule is CCC(=O)NC1COC2C1OCC2n1cc(CC2CCCCC2)nn1. The van der Waals surface area contributed by atoms with E-state index in [1.54, 1.807) is 0 Å². The quantitative estimate of drug-likeness (QED) is 0.875. The van der Waals surface area contributed by atoms with E-state index in [2.05, 4.69) is 21.8 Å². The van der Waals surface area contributed by atoms with Gasteiger partial charge in [-0.25, -0.2) is 4.68 Å². The minimum Gasteiger partial charge on any atom is -0.371 e. The molecule has 0 aromatic carbocycles. The van der Waals surface area contributed by atoms with Crippen molar-refractivity contribution in [2.24, 2.45) is 5.92 Å². The molecule has 1 amide bonds. The molecule has 2 saturated heterocycles. The van der Waals surface area contributed by atoms with Gasteiger partial charge in [-0.1, -0.05) is 44.2 Å².